The number of benzene rings is 7. The van der Waals surface area contributed by atoms with Crippen molar-refractivity contribution in [2.24, 2.45) is 0 Å². The maximum Gasteiger partial charge on any atom is 0.171 e. The van der Waals surface area contributed by atoms with Crippen molar-refractivity contribution < 1.29 is 9.13 Å². The molecule has 0 N–H and O–H groups in total. The number of halogens is 4. The molecule has 0 saturated heterocycles. The quantitative estimate of drug-likeness (QED) is 0.144. The van der Waals surface area contributed by atoms with Crippen molar-refractivity contribution in [2.75, 3.05) is 0 Å². The van der Waals surface area contributed by atoms with Gasteiger partial charge in [0.25, 0.3) is 0 Å². The first-order valence-corrected chi connectivity index (χ1v) is 20.6. The molecule has 0 fully saturated rings. The number of hydrogen-bond donors (Lipinski definition) is 0. The highest BCUT2D eigenvalue weighted by atomic mass is 35.5. The van der Waals surface area contributed by atoms with E-state index in [-0.39, 0.29) is 0 Å². The van der Waals surface area contributed by atoms with E-state index in [1.807, 2.05) is 103 Å². The highest BCUT2D eigenvalue weighted by Gasteiger charge is 2.31. The van der Waals surface area contributed by atoms with Gasteiger partial charge in [0, 0.05) is 51.9 Å². The third-order valence-electron chi connectivity index (χ3n) is 8.75. The molecule has 0 spiro atoms. The largest absolute Gasteiger partial charge is 0.309 e. The van der Waals surface area contributed by atoms with Crippen LogP contribution in [0, 0.1) is 0 Å². The van der Waals surface area contributed by atoms with Gasteiger partial charge in [-0.1, -0.05) is 113 Å². The minimum absolute atomic E-state index is 0.582. The van der Waals surface area contributed by atoms with Crippen molar-refractivity contribution in [2.45, 2.75) is 0 Å². The van der Waals surface area contributed by atoms with Crippen molar-refractivity contribution in [3.05, 3.63) is 190 Å². The van der Waals surface area contributed by atoms with E-state index in [1.165, 1.54) is 0 Å². The van der Waals surface area contributed by atoms with Crippen LogP contribution in [0.5, 0.6) is 0 Å². The summed E-state index contributed by atoms with van der Waals surface area (Å²) < 4.78 is 29.8. The summed E-state index contributed by atoms with van der Waals surface area (Å²) in [6, 6.07) is 52.7. The highest BCUT2D eigenvalue weighted by Crippen LogP contribution is 2.44. The van der Waals surface area contributed by atoms with Gasteiger partial charge in [0.15, 0.2) is 14.3 Å². The van der Waals surface area contributed by atoms with Gasteiger partial charge in [0.05, 0.1) is 0 Å². The second-order valence-corrected chi connectivity index (χ2v) is 19.1. The van der Waals surface area contributed by atoms with E-state index >= 15 is 0 Å². The zero-order valence-electron chi connectivity index (χ0n) is 26.4. The van der Waals surface area contributed by atoms with Crippen molar-refractivity contribution >= 4 is 92.5 Å². The summed E-state index contributed by atoms with van der Waals surface area (Å²) in [5, 5.41) is 6.52. The molecule has 0 saturated carbocycles. The molecule has 7 rings (SSSR count). The van der Waals surface area contributed by atoms with Gasteiger partial charge in [-0.15, -0.1) is 0 Å². The van der Waals surface area contributed by atoms with Crippen LogP contribution in [0.1, 0.15) is 0 Å². The van der Waals surface area contributed by atoms with Gasteiger partial charge in [0.1, 0.15) is 0 Å². The molecule has 0 bridgehead atoms. The molecule has 0 aliphatic heterocycles. The molecule has 0 radical (unpaired) electrons. The number of hydrogen-bond acceptors (Lipinski definition) is 2. The molecule has 8 heteroatoms. The van der Waals surface area contributed by atoms with Crippen LogP contribution in [0.2, 0.25) is 20.1 Å². The van der Waals surface area contributed by atoms with Crippen LogP contribution in [0.15, 0.2) is 170 Å². The Hall–Kier alpha value is -3.84. The molecule has 7 aromatic rings. The van der Waals surface area contributed by atoms with Crippen LogP contribution in [0.4, 0.5) is 0 Å². The predicted octanol–water partition coefficient (Wildman–Crippen LogP) is 10.9. The lowest BCUT2D eigenvalue weighted by Gasteiger charge is -2.21. The van der Waals surface area contributed by atoms with Crippen molar-refractivity contribution in [3.63, 3.8) is 0 Å². The fourth-order valence-corrected chi connectivity index (χ4v) is 11.8. The summed E-state index contributed by atoms with van der Waals surface area (Å²) in [5.74, 6) is 0. The van der Waals surface area contributed by atoms with Crippen LogP contribution < -0.4 is 31.8 Å². The summed E-state index contributed by atoms with van der Waals surface area (Å²) in [4.78, 5) is 0. The van der Waals surface area contributed by atoms with E-state index in [9.17, 15) is 9.13 Å². The van der Waals surface area contributed by atoms with Gasteiger partial charge >= 0.3 is 0 Å². The summed E-state index contributed by atoms with van der Waals surface area (Å²) in [6.07, 6.45) is 0. The Kier molecular flexibility index (Phi) is 9.98. The first kappa shape index (κ1) is 34.6. The van der Waals surface area contributed by atoms with Crippen LogP contribution >= 0.6 is 60.7 Å². The maximum absolute atomic E-state index is 14.9. The summed E-state index contributed by atoms with van der Waals surface area (Å²) >= 11 is 24.7. The molecule has 246 valence electrons. The molecule has 0 aliphatic rings. The van der Waals surface area contributed by atoms with E-state index in [0.717, 1.165) is 22.3 Å². The van der Waals surface area contributed by atoms with Gasteiger partial charge < -0.3 is 9.13 Å². The van der Waals surface area contributed by atoms with Crippen molar-refractivity contribution in [3.8, 4) is 22.3 Å². The topological polar surface area (TPSA) is 34.1 Å². The molecule has 0 unspecified atom stereocenters. The van der Waals surface area contributed by atoms with Crippen LogP contribution in [0.3, 0.4) is 0 Å². The van der Waals surface area contributed by atoms with Crippen molar-refractivity contribution in [1.82, 2.24) is 0 Å². The van der Waals surface area contributed by atoms with Crippen LogP contribution in [0.25, 0.3) is 22.3 Å². The van der Waals surface area contributed by atoms with Crippen LogP contribution in [-0.2, 0) is 9.13 Å². The van der Waals surface area contributed by atoms with E-state index in [2.05, 4.69) is 18.2 Å². The number of rotatable bonds is 8. The van der Waals surface area contributed by atoms with E-state index < -0.39 is 14.3 Å². The fraction of sp³-hybridized carbons (Fsp3) is 0. The zero-order valence-corrected chi connectivity index (χ0v) is 31.2. The molecule has 0 aliphatic carbocycles. The average molecular weight is 768 g/mol. The summed E-state index contributed by atoms with van der Waals surface area (Å²) in [5.41, 5.74) is 4.00. The molecule has 0 atom stereocenters. The molecule has 2 nitrogen and oxygen atoms in total. The Bertz CT molecular complexity index is 2110. The normalized spacial score (nSPS) is 11.8. The predicted molar refractivity (Wildman–Crippen MR) is 216 cm³/mol. The molecule has 0 heterocycles. The zero-order chi connectivity index (χ0) is 34.9. The monoisotopic (exact) mass is 766 g/mol. The Morgan fingerprint density at radius 2 is 0.500 bits per heavy atom. The SMILES string of the molecule is O=P(c1ccc(Cl)cc1)(c1ccc(Cl)cc1)c1ccc(-c2cccc(-c3ccc(P(=O)(c4ccc(Cl)cc4)c4ccc(Cl)cc4)cc3)c2)cc1. The van der Waals surface area contributed by atoms with Gasteiger partial charge in [-0.3, -0.25) is 0 Å². The lowest BCUT2D eigenvalue weighted by molar-refractivity contribution is 0.591. The maximum atomic E-state index is 14.9. The van der Waals surface area contributed by atoms with Crippen molar-refractivity contribution in [1.29, 1.82) is 0 Å². The standard InChI is InChI=1S/C42H28Cl4O2P2/c43-33-8-20-39(21-9-33)49(47,40-22-10-34(44)11-23-40)37-16-4-29(5-17-37)31-2-1-3-32(28-31)30-6-18-38(19-7-30)50(48,41-24-12-35(45)13-25-41)42-26-14-36(46)15-27-42/h1-28H. The molecule has 50 heavy (non-hydrogen) atoms. The average Bonchev–Trinajstić information content (AvgIpc) is 3.15. The van der Waals surface area contributed by atoms with Gasteiger partial charge in [-0.05, 0) is 125 Å². The Morgan fingerprint density at radius 3 is 0.740 bits per heavy atom. The second-order valence-electron chi connectivity index (χ2n) is 11.8. The third-order valence-corrected chi connectivity index (χ3v) is 15.9. The van der Waals surface area contributed by atoms with E-state index in [0.29, 0.717) is 51.9 Å². The lowest BCUT2D eigenvalue weighted by atomic mass is 9.99. The minimum Gasteiger partial charge on any atom is -0.309 e. The first-order chi connectivity index (χ1) is 24.1. The summed E-state index contributed by atoms with van der Waals surface area (Å²) in [6.45, 7) is 0. The lowest BCUT2D eigenvalue weighted by Crippen LogP contribution is -2.25. The minimum atomic E-state index is -3.21. The van der Waals surface area contributed by atoms with Gasteiger partial charge in [-0.25, -0.2) is 0 Å². The van der Waals surface area contributed by atoms with Gasteiger partial charge in [-0.2, -0.15) is 0 Å². The Morgan fingerprint density at radius 1 is 0.280 bits per heavy atom. The Labute approximate surface area is 312 Å². The third kappa shape index (κ3) is 6.78. The first-order valence-electron chi connectivity index (χ1n) is 15.7. The smallest absolute Gasteiger partial charge is 0.171 e. The Balaban J connectivity index is 1.21. The molecular formula is C42H28Cl4O2P2. The highest BCUT2D eigenvalue weighted by molar-refractivity contribution is 7.85. The van der Waals surface area contributed by atoms with Crippen LogP contribution in [-0.4, -0.2) is 0 Å². The second kappa shape index (κ2) is 14.4. The molecule has 0 amide bonds. The molecular weight excluding hydrogens is 740 g/mol. The van der Waals surface area contributed by atoms with E-state index in [1.54, 1.807) is 48.5 Å². The molecule has 7 aromatic carbocycles. The summed E-state index contributed by atoms with van der Waals surface area (Å²) in [7, 11) is -6.41. The molecule has 0 aromatic heterocycles. The fourth-order valence-electron chi connectivity index (χ4n) is 6.10. The van der Waals surface area contributed by atoms with Gasteiger partial charge in [0.2, 0.25) is 0 Å². The van der Waals surface area contributed by atoms with E-state index in [4.69, 9.17) is 46.4 Å².